The molecular weight excluding hydrogens is 202 g/mol. The zero-order valence-corrected chi connectivity index (χ0v) is 9.83. The van der Waals surface area contributed by atoms with Crippen LogP contribution in [0.4, 0.5) is 0 Å². The van der Waals surface area contributed by atoms with Gasteiger partial charge in [0.15, 0.2) is 0 Å². The Kier molecular flexibility index (Phi) is 5.28. The van der Waals surface area contributed by atoms with Gasteiger partial charge in [0.05, 0.1) is 12.2 Å². The average molecular weight is 221 g/mol. The third-order valence-electron chi connectivity index (χ3n) is 2.18. The molecule has 16 heavy (non-hydrogen) atoms. The molecular formula is C11H19N5. The van der Waals surface area contributed by atoms with Gasteiger partial charge in [-0.1, -0.05) is 13.0 Å². The number of nitrogens with two attached hydrogens (primary N) is 1. The first kappa shape index (κ1) is 12.4. The summed E-state index contributed by atoms with van der Waals surface area (Å²) < 4.78 is 0. The molecule has 5 heteroatoms. The van der Waals surface area contributed by atoms with Crippen molar-refractivity contribution in [2.75, 3.05) is 6.54 Å². The summed E-state index contributed by atoms with van der Waals surface area (Å²) in [6, 6.07) is 3.94. The minimum atomic E-state index is 0.531. The highest BCUT2D eigenvalue weighted by Crippen LogP contribution is 2.03. The molecule has 0 aliphatic heterocycles. The number of hydrazine groups is 1. The molecule has 0 saturated carbocycles. The third kappa shape index (κ3) is 3.86. The van der Waals surface area contributed by atoms with Crippen LogP contribution in [-0.2, 0) is 6.54 Å². The Bertz CT molecular complexity index is 348. The van der Waals surface area contributed by atoms with Crippen molar-refractivity contribution in [3.8, 4) is 0 Å². The summed E-state index contributed by atoms with van der Waals surface area (Å²) >= 11 is 0. The molecule has 0 spiro atoms. The summed E-state index contributed by atoms with van der Waals surface area (Å²) in [5.74, 6) is 5.96. The summed E-state index contributed by atoms with van der Waals surface area (Å²) in [6.07, 6.45) is 2.80. The molecule has 0 bridgehead atoms. The van der Waals surface area contributed by atoms with E-state index in [9.17, 15) is 0 Å². The zero-order valence-electron chi connectivity index (χ0n) is 9.83. The molecule has 0 unspecified atom stereocenters. The van der Waals surface area contributed by atoms with E-state index < -0.39 is 0 Å². The fraction of sp³-hybridized carbons (Fsp3) is 0.455. The Morgan fingerprint density at radius 2 is 2.38 bits per heavy atom. The number of nitrogens with zero attached hydrogens (tertiary/aromatic N) is 2. The lowest BCUT2D eigenvalue weighted by molar-refractivity contribution is 0.787. The zero-order chi connectivity index (χ0) is 11.8. The van der Waals surface area contributed by atoms with Crippen LogP contribution in [-0.4, -0.2) is 17.5 Å². The summed E-state index contributed by atoms with van der Waals surface area (Å²) in [7, 11) is 0. The van der Waals surface area contributed by atoms with Gasteiger partial charge in [0, 0.05) is 12.7 Å². The predicted octanol–water partition coefficient (Wildman–Crippen LogP) is 0.709. The number of hydrogen-bond acceptors (Lipinski definition) is 3. The first-order valence-electron chi connectivity index (χ1n) is 5.43. The molecule has 0 aromatic carbocycles. The van der Waals surface area contributed by atoms with Gasteiger partial charge in [-0.05, 0) is 25.0 Å². The maximum Gasteiger partial charge on any atom is 0.206 e. The van der Waals surface area contributed by atoms with E-state index in [0.717, 1.165) is 24.2 Å². The first-order chi connectivity index (χ1) is 7.77. The molecule has 1 heterocycles. The molecule has 1 aromatic rings. The standard InChI is InChI=1S/C11H19N5/c1-3-6-14-11(16-12)15-8-10-9(2)5-4-7-13-10/h4-5,7H,3,6,8,12H2,1-2H3,(H2,14,15,16). The average Bonchev–Trinajstić information content (AvgIpc) is 2.31. The second-order valence-electron chi connectivity index (χ2n) is 3.50. The van der Waals surface area contributed by atoms with Crippen molar-refractivity contribution < 1.29 is 0 Å². The molecule has 1 aromatic heterocycles. The second-order valence-corrected chi connectivity index (χ2v) is 3.50. The number of aromatic nitrogens is 1. The Morgan fingerprint density at radius 1 is 1.56 bits per heavy atom. The highest BCUT2D eigenvalue weighted by atomic mass is 15.3. The minimum Gasteiger partial charge on any atom is -0.355 e. The van der Waals surface area contributed by atoms with Gasteiger partial charge >= 0.3 is 0 Å². The fourth-order valence-electron chi connectivity index (χ4n) is 1.23. The molecule has 0 fully saturated rings. The summed E-state index contributed by atoms with van der Waals surface area (Å²) in [4.78, 5) is 8.58. The lowest BCUT2D eigenvalue weighted by Gasteiger charge is -2.08. The van der Waals surface area contributed by atoms with Gasteiger partial charge in [-0.25, -0.2) is 10.8 Å². The van der Waals surface area contributed by atoms with Gasteiger partial charge in [0.1, 0.15) is 0 Å². The first-order valence-corrected chi connectivity index (χ1v) is 5.43. The van der Waals surface area contributed by atoms with Crippen molar-refractivity contribution in [1.82, 2.24) is 15.7 Å². The van der Waals surface area contributed by atoms with E-state index in [1.54, 1.807) is 6.20 Å². The number of aliphatic imine (C=N–C) groups is 1. The second kappa shape index (κ2) is 6.79. The molecule has 0 aliphatic rings. The summed E-state index contributed by atoms with van der Waals surface area (Å²) in [5.41, 5.74) is 4.64. The van der Waals surface area contributed by atoms with Crippen LogP contribution in [0.1, 0.15) is 24.6 Å². The normalized spacial score (nSPS) is 11.3. The highest BCUT2D eigenvalue weighted by molar-refractivity contribution is 5.79. The molecule has 0 saturated heterocycles. The molecule has 5 nitrogen and oxygen atoms in total. The lowest BCUT2D eigenvalue weighted by Crippen LogP contribution is -2.41. The van der Waals surface area contributed by atoms with Crippen molar-refractivity contribution in [3.63, 3.8) is 0 Å². The van der Waals surface area contributed by atoms with Crippen LogP contribution in [0.2, 0.25) is 0 Å². The van der Waals surface area contributed by atoms with Crippen LogP contribution < -0.4 is 16.6 Å². The molecule has 0 atom stereocenters. The van der Waals surface area contributed by atoms with Gasteiger partial charge < -0.3 is 5.32 Å². The van der Waals surface area contributed by atoms with Crippen LogP contribution in [0.25, 0.3) is 0 Å². The van der Waals surface area contributed by atoms with Crippen LogP contribution in [0.15, 0.2) is 23.3 Å². The number of hydrogen-bond donors (Lipinski definition) is 3. The minimum absolute atomic E-state index is 0.531. The molecule has 4 N–H and O–H groups in total. The Hall–Kier alpha value is -1.62. The summed E-state index contributed by atoms with van der Waals surface area (Å²) in [6.45, 7) is 5.49. The van der Waals surface area contributed by atoms with E-state index in [0.29, 0.717) is 12.5 Å². The Labute approximate surface area is 96.1 Å². The topological polar surface area (TPSA) is 75.3 Å². The number of guanidine groups is 1. The quantitative estimate of drug-likeness (QED) is 0.303. The van der Waals surface area contributed by atoms with Crippen LogP contribution in [0, 0.1) is 6.92 Å². The molecule has 0 aliphatic carbocycles. The van der Waals surface area contributed by atoms with Gasteiger partial charge in [-0.3, -0.25) is 10.4 Å². The van der Waals surface area contributed by atoms with Crippen molar-refractivity contribution in [3.05, 3.63) is 29.6 Å². The third-order valence-corrected chi connectivity index (χ3v) is 2.18. The van der Waals surface area contributed by atoms with Crippen LogP contribution >= 0.6 is 0 Å². The van der Waals surface area contributed by atoms with Gasteiger partial charge in [-0.2, -0.15) is 0 Å². The Morgan fingerprint density at radius 3 is 3.00 bits per heavy atom. The van der Waals surface area contributed by atoms with Gasteiger partial charge in [0.25, 0.3) is 0 Å². The smallest absolute Gasteiger partial charge is 0.206 e. The van der Waals surface area contributed by atoms with Crippen molar-refractivity contribution in [2.45, 2.75) is 26.8 Å². The predicted molar refractivity (Wildman–Crippen MR) is 65.7 cm³/mol. The molecule has 1 rings (SSSR count). The number of nitrogens with one attached hydrogen (secondary N) is 2. The largest absolute Gasteiger partial charge is 0.355 e. The van der Waals surface area contributed by atoms with E-state index >= 15 is 0 Å². The van der Waals surface area contributed by atoms with Crippen molar-refractivity contribution >= 4 is 5.96 Å². The maximum absolute atomic E-state index is 5.35. The van der Waals surface area contributed by atoms with E-state index in [1.165, 1.54) is 0 Å². The highest BCUT2D eigenvalue weighted by Gasteiger charge is 1.98. The number of pyridine rings is 1. The summed E-state index contributed by atoms with van der Waals surface area (Å²) in [5, 5.41) is 3.09. The molecule has 0 amide bonds. The van der Waals surface area contributed by atoms with Crippen molar-refractivity contribution in [2.24, 2.45) is 10.8 Å². The van der Waals surface area contributed by atoms with E-state index in [1.807, 2.05) is 19.1 Å². The molecule has 0 radical (unpaired) electrons. The molecule has 88 valence electrons. The van der Waals surface area contributed by atoms with Crippen molar-refractivity contribution in [1.29, 1.82) is 0 Å². The van der Waals surface area contributed by atoms with E-state index in [2.05, 4.69) is 27.6 Å². The number of rotatable bonds is 4. The van der Waals surface area contributed by atoms with Gasteiger partial charge in [0.2, 0.25) is 5.96 Å². The lowest BCUT2D eigenvalue weighted by atomic mass is 10.2. The van der Waals surface area contributed by atoms with Crippen LogP contribution in [0.3, 0.4) is 0 Å². The Balaban J connectivity index is 2.59. The van der Waals surface area contributed by atoms with Crippen LogP contribution in [0.5, 0.6) is 0 Å². The van der Waals surface area contributed by atoms with E-state index in [4.69, 9.17) is 5.84 Å². The SMILES string of the molecule is CCCNC(=NCc1ncccc1C)NN. The fourth-order valence-corrected chi connectivity index (χ4v) is 1.23. The monoisotopic (exact) mass is 221 g/mol. The van der Waals surface area contributed by atoms with Gasteiger partial charge in [-0.15, -0.1) is 0 Å². The number of aryl methyl sites for hydroxylation is 1. The maximum atomic E-state index is 5.35. The van der Waals surface area contributed by atoms with E-state index in [-0.39, 0.29) is 0 Å².